The molecule has 1 saturated heterocycles. The van der Waals surface area contributed by atoms with Crippen molar-refractivity contribution in [1.82, 2.24) is 4.98 Å². The van der Waals surface area contributed by atoms with E-state index < -0.39 is 10.3 Å². The van der Waals surface area contributed by atoms with E-state index in [1.807, 2.05) is 0 Å². The first-order valence-corrected chi connectivity index (χ1v) is 9.48. The zero-order valence-electron chi connectivity index (χ0n) is 16.1. The molecule has 0 spiro atoms. The SMILES string of the molecule is COC(=O)C1(c2ccc(N(CC(C)C)C3CCOCC3)c([N+](=O)[O-])n2)CC1. The van der Waals surface area contributed by atoms with Crippen molar-refractivity contribution in [3.8, 4) is 0 Å². The molecule has 0 atom stereocenters. The van der Waals surface area contributed by atoms with E-state index in [4.69, 9.17) is 9.47 Å². The number of pyridine rings is 1. The molecule has 0 bridgehead atoms. The third-order valence-corrected chi connectivity index (χ3v) is 5.35. The fourth-order valence-corrected chi connectivity index (χ4v) is 3.79. The Morgan fingerprint density at radius 2 is 2.07 bits per heavy atom. The standard InChI is InChI=1S/C19H27N3O5/c1-13(2)12-21(14-6-10-27-11-7-14)15-4-5-16(20-17(15)22(24)25)19(8-9-19)18(23)26-3/h4-5,13-14H,6-12H2,1-3H3. The Morgan fingerprint density at radius 3 is 2.59 bits per heavy atom. The lowest BCUT2D eigenvalue weighted by Crippen LogP contribution is -2.42. The number of anilines is 1. The Kier molecular flexibility index (Phi) is 5.64. The monoisotopic (exact) mass is 377 g/mol. The number of hydrogen-bond acceptors (Lipinski definition) is 7. The summed E-state index contributed by atoms with van der Waals surface area (Å²) in [4.78, 5) is 29.9. The van der Waals surface area contributed by atoms with E-state index in [9.17, 15) is 14.9 Å². The summed E-state index contributed by atoms with van der Waals surface area (Å²) in [6, 6.07) is 3.68. The third kappa shape index (κ3) is 3.90. The molecular formula is C19H27N3O5. The maximum Gasteiger partial charge on any atom is 0.387 e. The highest BCUT2D eigenvalue weighted by Crippen LogP contribution is 2.49. The van der Waals surface area contributed by atoms with E-state index >= 15 is 0 Å². The van der Waals surface area contributed by atoms with Crippen molar-refractivity contribution in [1.29, 1.82) is 0 Å². The second-order valence-corrected chi connectivity index (χ2v) is 7.76. The maximum atomic E-state index is 12.1. The molecule has 0 radical (unpaired) electrons. The average Bonchev–Trinajstić information content (AvgIpc) is 3.47. The molecule has 0 aromatic carbocycles. The Morgan fingerprint density at radius 1 is 1.41 bits per heavy atom. The fraction of sp³-hybridized carbons (Fsp3) is 0.684. The van der Waals surface area contributed by atoms with E-state index in [1.54, 1.807) is 12.1 Å². The van der Waals surface area contributed by atoms with Gasteiger partial charge in [-0.25, -0.2) is 0 Å². The number of nitrogens with zero attached hydrogens (tertiary/aromatic N) is 3. The van der Waals surface area contributed by atoms with Crippen LogP contribution in [0.3, 0.4) is 0 Å². The lowest BCUT2D eigenvalue weighted by Gasteiger charge is -2.36. The van der Waals surface area contributed by atoms with Gasteiger partial charge in [0, 0.05) is 25.8 Å². The zero-order chi connectivity index (χ0) is 19.6. The van der Waals surface area contributed by atoms with Crippen LogP contribution < -0.4 is 4.90 Å². The molecule has 1 aromatic rings. The number of esters is 1. The number of carbonyl (C=O) groups is 1. The Bertz CT molecular complexity index is 711. The lowest BCUT2D eigenvalue weighted by atomic mass is 10.0. The molecule has 8 nitrogen and oxygen atoms in total. The topological polar surface area (TPSA) is 94.8 Å². The number of hydrogen-bond donors (Lipinski definition) is 0. The first-order chi connectivity index (χ1) is 12.9. The second-order valence-electron chi connectivity index (χ2n) is 7.76. The van der Waals surface area contributed by atoms with Gasteiger partial charge in [0.05, 0.1) is 7.11 Å². The summed E-state index contributed by atoms with van der Waals surface area (Å²) in [5.74, 6) is -0.215. The summed E-state index contributed by atoms with van der Waals surface area (Å²) < 4.78 is 10.3. The predicted molar refractivity (Wildman–Crippen MR) is 99.8 cm³/mol. The van der Waals surface area contributed by atoms with Gasteiger partial charge in [0.2, 0.25) is 0 Å². The smallest absolute Gasteiger partial charge is 0.387 e. The van der Waals surface area contributed by atoms with Crippen molar-refractivity contribution in [2.45, 2.75) is 51.0 Å². The highest BCUT2D eigenvalue weighted by molar-refractivity contribution is 5.86. The molecule has 1 aliphatic carbocycles. The van der Waals surface area contributed by atoms with Gasteiger partial charge >= 0.3 is 11.8 Å². The molecule has 8 heteroatoms. The highest BCUT2D eigenvalue weighted by atomic mass is 16.6. The van der Waals surface area contributed by atoms with Gasteiger partial charge in [-0.2, -0.15) is 0 Å². The lowest BCUT2D eigenvalue weighted by molar-refractivity contribution is -0.388. The molecule has 2 heterocycles. The van der Waals surface area contributed by atoms with Gasteiger partial charge in [-0.05, 0) is 53.6 Å². The van der Waals surface area contributed by atoms with Gasteiger partial charge in [0.15, 0.2) is 5.69 Å². The summed E-state index contributed by atoms with van der Waals surface area (Å²) in [5, 5.41) is 11.8. The number of carbonyl (C=O) groups excluding carboxylic acids is 1. The van der Waals surface area contributed by atoms with Crippen molar-refractivity contribution in [3.05, 3.63) is 27.9 Å². The number of ether oxygens (including phenoxy) is 2. The number of nitro groups is 1. The van der Waals surface area contributed by atoms with E-state index in [1.165, 1.54) is 7.11 Å². The molecule has 0 unspecified atom stereocenters. The minimum Gasteiger partial charge on any atom is -0.468 e. The van der Waals surface area contributed by atoms with Crippen molar-refractivity contribution in [3.63, 3.8) is 0 Å². The van der Waals surface area contributed by atoms with Gasteiger partial charge in [-0.1, -0.05) is 13.8 Å². The fourth-order valence-electron chi connectivity index (χ4n) is 3.79. The zero-order valence-corrected chi connectivity index (χ0v) is 16.1. The molecule has 0 N–H and O–H groups in total. The summed E-state index contributed by atoms with van der Waals surface area (Å²) in [6.45, 7) is 6.20. The molecule has 1 aliphatic heterocycles. The van der Waals surface area contributed by atoms with E-state index in [0.29, 0.717) is 49.9 Å². The predicted octanol–water partition coefficient (Wildman–Crippen LogP) is 2.84. The number of aromatic nitrogens is 1. The first-order valence-electron chi connectivity index (χ1n) is 9.48. The molecule has 1 saturated carbocycles. The highest BCUT2D eigenvalue weighted by Gasteiger charge is 2.57. The molecule has 2 fully saturated rings. The summed E-state index contributed by atoms with van der Waals surface area (Å²) in [6.07, 6.45) is 2.88. The Hall–Kier alpha value is -2.22. The molecular weight excluding hydrogens is 350 g/mol. The van der Waals surface area contributed by atoms with Crippen LogP contribution in [0.5, 0.6) is 0 Å². The van der Waals surface area contributed by atoms with Crippen LogP contribution in [0.2, 0.25) is 0 Å². The van der Waals surface area contributed by atoms with Crippen LogP contribution in [0, 0.1) is 16.0 Å². The second kappa shape index (κ2) is 7.80. The minimum atomic E-state index is -0.820. The third-order valence-electron chi connectivity index (χ3n) is 5.35. The van der Waals surface area contributed by atoms with Crippen LogP contribution >= 0.6 is 0 Å². The minimum absolute atomic E-state index is 0.183. The first kappa shape index (κ1) is 19.5. The van der Waals surface area contributed by atoms with Gasteiger partial charge < -0.3 is 24.5 Å². The van der Waals surface area contributed by atoms with Crippen LogP contribution in [0.15, 0.2) is 12.1 Å². The van der Waals surface area contributed by atoms with Gasteiger partial charge in [-0.3, -0.25) is 4.79 Å². The number of methoxy groups -OCH3 is 1. The van der Waals surface area contributed by atoms with Crippen molar-refractivity contribution in [2.75, 3.05) is 31.8 Å². The molecule has 0 amide bonds. The van der Waals surface area contributed by atoms with Crippen LogP contribution in [0.4, 0.5) is 11.5 Å². The Labute approximate surface area is 159 Å². The van der Waals surface area contributed by atoms with Crippen molar-refractivity contribution >= 4 is 17.5 Å². The maximum absolute atomic E-state index is 12.1. The van der Waals surface area contributed by atoms with Crippen LogP contribution in [-0.4, -0.2) is 48.8 Å². The molecule has 2 aliphatic rings. The van der Waals surface area contributed by atoms with Gasteiger partial charge in [-0.15, -0.1) is 0 Å². The van der Waals surface area contributed by atoms with E-state index in [2.05, 4.69) is 23.7 Å². The molecule has 1 aromatic heterocycles. The molecule has 3 rings (SSSR count). The molecule has 27 heavy (non-hydrogen) atoms. The van der Waals surface area contributed by atoms with E-state index in [-0.39, 0.29) is 17.8 Å². The summed E-state index contributed by atoms with van der Waals surface area (Å²) >= 11 is 0. The normalized spacial score (nSPS) is 19.0. The Balaban J connectivity index is 1.99. The molecule has 148 valence electrons. The largest absolute Gasteiger partial charge is 0.468 e. The van der Waals surface area contributed by atoms with Crippen LogP contribution in [-0.2, 0) is 19.7 Å². The van der Waals surface area contributed by atoms with Crippen LogP contribution in [0.25, 0.3) is 0 Å². The van der Waals surface area contributed by atoms with Gasteiger partial charge in [0.1, 0.15) is 11.1 Å². The quantitative estimate of drug-likeness (QED) is 0.409. The number of rotatable bonds is 7. The summed E-state index contributed by atoms with van der Waals surface area (Å²) in [7, 11) is 1.33. The van der Waals surface area contributed by atoms with Gasteiger partial charge in [0.25, 0.3) is 0 Å². The van der Waals surface area contributed by atoms with Crippen LogP contribution in [0.1, 0.15) is 45.2 Å². The summed E-state index contributed by atoms with van der Waals surface area (Å²) in [5.41, 5.74) is 0.130. The van der Waals surface area contributed by atoms with E-state index in [0.717, 1.165) is 12.8 Å². The van der Waals surface area contributed by atoms with Crippen molar-refractivity contribution in [2.24, 2.45) is 5.92 Å². The average molecular weight is 377 g/mol. The van der Waals surface area contributed by atoms with Crippen molar-refractivity contribution < 1.29 is 19.2 Å².